The second kappa shape index (κ2) is 11.3. The van der Waals surface area contributed by atoms with Gasteiger partial charge in [-0.15, -0.1) is 11.3 Å². The van der Waals surface area contributed by atoms with E-state index in [2.05, 4.69) is 4.90 Å². The zero-order valence-corrected chi connectivity index (χ0v) is 21.9. The van der Waals surface area contributed by atoms with Gasteiger partial charge in [-0.2, -0.15) is 0 Å². The number of hydrogen-bond donors (Lipinski definition) is 0. The number of rotatable bonds is 9. The number of thiophene rings is 1. The first-order valence-corrected chi connectivity index (χ1v) is 13.3. The number of carbonyl (C=O) groups excluding carboxylic acids is 1. The number of halogens is 1. The molecule has 5 nitrogen and oxygen atoms in total. The molecule has 1 saturated heterocycles. The van der Waals surface area contributed by atoms with Crippen LogP contribution in [-0.2, 0) is 0 Å². The van der Waals surface area contributed by atoms with E-state index < -0.39 is 5.82 Å². The van der Waals surface area contributed by atoms with Gasteiger partial charge < -0.3 is 14.2 Å². The molecule has 2 heterocycles. The van der Waals surface area contributed by atoms with Crippen LogP contribution in [0.3, 0.4) is 0 Å². The number of likely N-dealkylation sites (tertiary alicyclic amines) is 1. The number of nitrogens with zero attached hydrogens (tertiary/aromatic N) is 1. The molecule has 1 fully saturated rings. The maximum absolute atomic E-state index is 15.0. The number of ether oxygens (including phenoxy) is 3. The SMILES string of the molecule is COc1ccc(-c2sc3cc(OC)ccc3c2C(=O)c2ccc(OCCN3CCCCC3)c(F)c2)cc1. The van der Waals surface area contributed by atoms with Gasteiger partial charge >= 0.3 is 0 Å². The second-order valence-corrected chi connectivity index (χ2v) is 10.2. The van der Waals surface area contributed by atoms with Gasteiger partial charge in [0.05, 0.1) is 14.2 Å². The highest BCUT2D eigenvalue weighted by molar-refractivity contribution is 7.22. The normalized spacial score (nSPS) is 14.0. The maximum Gasteiger partial charge on any atom is 0.195 e. The standard InChI is InChI=1S/C30H30FNO4S/c1-34-22-9-6-20(7-10-22)30-28(24-12-11-23(35-2)19-27(24)37-30)29(33)21-8-13-26(25(31)18-21)36-17-16-32-14-4-3-5-15-32/h6-13,18-19H,3-5,14-17H2,1-2H3. The monoisotopic (exact) mass is 519 g/mol. The Balaban J connectivity index is 1.44. The summed E-state index contributed by atoms with van der Waals surface area (Å²) in [5.41, 5.74) is 1.72. The minimum Gasteiger partial charge on any atom is -0.497 e. The Kier molecular flexibility index (Phi) is 7.72. The largest absolute Gasteiger partial charge is 0.497 e. The average molecular weight is 520 g/mol. The van der Waals surface area contributed by atoms with Gasteiger partial charge in [0.15, 0.2) is 17.3 Å². The van der Waals surface area contributed by atoms with E-state index in [9.17, 15) is 4.79 Å². The maximum atomic E-state index is 15.0. The summed E-state index contributed by atoms with van der Waals surface area (Å²) in [6.45, 7) is 3.32. The Hall–Kier alpha value is -3.42. The first kappa shape index (κ1) is 25.2. The molecule has 0 N–H and O–H groups in total. The Morgan fingerprint density at radius 1 is 0.919 bits per heavy atom. The summed E-state index contributed by atoms with van der Waals surface area (Å²) in [6, 6.07) is 17.7. The van der Waals surface area contributed by atoms with Crippen LogP contribution in [0.2, 0.25) is 0 Å². The van der Waals surface area contributed by atoms with Gasteiger partial charge in [-0.3, -0.25) is 9.69 Å². The Bertz CT molecular complexity index is 1390. The van der Waals surface area contributed by atoms with Crippen LogP contribution in [0.4, 0.5) is 4.39 Å². The van der Waals surface area contributed by atoms with Crippen LogP contribution >= 0.6 is 11.3 Å². The predicted octanol–water partition coefficient (Wildman–Crippen LogP) is 6.82. The van der Waals surface area contributed by atoms with E-state index in [-0.39, 0.29) is 17.1 Å². The van der Waals surface area contributed by atoms with E-state index >= 15 is 4.39 Å². The van der Waals surface area contributed by atoms with Crippen molar-refractivity contribution in [2.45, 2.75) is 19.3 Å². The smallest absolute Gasteiger partial charge is 0.195 e. The zero-order valence-electron chi connectivity index (χ0n) is 21.1. The quantitative estimate of drug-likeness (QED) is 0.227. The number of benzene rings is 3. The van der Waals surface area contributed by atoms with Gasteiger partial charge in [0.1, 0.15) is 18.1 Å². The van der Waals surface area contributed by atoms with Crippen LogP contribution in [0.25, 0.3) is 20.5 Å². The summed E-state index contributed by atoms with van der Waals surface area (Å²) < 4.78 is 32.3. The van der Waals surface area contributed by atoms with E-state index in [1.807, 2.05) is 42.5 Å². The molecule has 0 spiro atoms. The lowest BCUT2D eigenvalue weighted by Crippen LogP contribution is -2.33. The molecule has 37 heavy (non-hydrogen) atoms. The summed E-state index contributed by atoms with van der Waals surface area (Å²) in [4.78, 5) is 17.0. The molecule has 5 rings (SSSR count). The number of ketones is 1. The highest BCUT2D eigenvalue weighted by Crippen LogP contribution is 2.41. The highest BCUT2D eigenvalue weighted by Gasteiger charge is 2.23. The van der Waals surface area contributed by atoms with Crippen LogP contribution in [0, 0.1) is 5.82 Å². The zero-order chi connectivity index (χ0) is 25.8. The van der Waals surface area contributed by atoms with Gasteiger partial charge in [-0.05, 0) is 92.2 Å². The lowest BCUT2D eigenvalue weighted by Gasteiger charge is -2.26. The lowest BCUT2D eigenvalue weighted by atomic mass is 9.97. The van der Waals surface area contributed by atoms with E-state index in [0.29, 0.717) is 17.9 Å². The van der Waals surface area contributed by atoms with Crippen molar-refractivity contribution in [1.82, 2.24) is 4.90 Å². The fraction of sp³-hybridized carbons (Fsp3) is 0.300. The summed E-state index contributed by atoms with van der Waals surface area (Å²) in [6.07, 6.45) is 3.68. The van der Waals surface area contributed by atoms with Crippen molar-refractivity contribution >= 4 is 27.2 Å². The van der Waals surface area contributed by atoms with Crippen molar-refractivity contribution in [2.24, 2.45) is 0 Å². The minimum absolute atomic E-state index is 0.170. The summed E-state index contributed by atoms with van der Waals surface area (Å²) in [5, 5.41) is 0.809. The molecule has 1 aromatic heterocycles. The predicted molar refractivity (Wildman–Crippen MR) is 146 cm³/mol. The lowest BCUT2D eigenvalue weighted by molar-refractivity contribution is 0.104. The molecule has 0 radical (unpaired) electrons. The van der Waals surface area contributed by atoms with Gasteiger partial charge in [0.2, 0.25) is 0 Å². The molecule has 0 atom stereocenters. The second-order valence-electron chi connectivity index (χ2n) is 9.12. The molecule has 192 valence electrons. The summed E-state index contributed by atoms with van der Waals surface area (Å²) in [7, 11) is 3.23. The molecular weight excluding hydrogens is 489 g/mol. The van der Waals surface area contributed by atoms with Crippen LogP contribution in [0.15, 0.2) is 60.7 Å². The third-order valence-electron chi connectivity index (χ3n) is 6.78. The molecule has 0 bridgehead atoms. The van der Waals surface area contributed by atoms with Crippen molar-refractivity contribution < 1.29 is 23.4 Å². The van der Waals surface area contributed by atoms with E-state index in [1.165, 1.54) is 36.7 Å². The molecule has 0 saturated carbocycles. The molecule has 0 unspecified atom stereocenters. The first-order chi connectivity index (χ1) is 18.1. The minimum atomic E-state index is -0.531. The highest BCUT2D eigenvalue weighted by atomic mass is 32.1. The van der Waals surface area contributed by atoms with Gasteiger partial charge in [0, 0.05) is 32.6 Å². The molecule has 0 amide bonds. The number of carbonyl (C=O) groups is 1. The Labute approximate surface area is 220 Å². The van der Waals surface area contributed by atoms with Crippen molar-refractivity contribution in [3.05, 3.63) is 77.6 Å². The molecule has 0 aliphatic carbocycles. The summed E-state index contributed by atoms with van der Waals surface area (Å²) in [5.74, 6) is 0.852. The van der Waals surface area contributed by atoms with E-state index in [4.69, 9.17) is 14.2 Å². The molecule has 3 aromatic carbocycles. The van der Waals surface area contributed by atoms with Crippen molar-refractivity contribution in [3.63, 3.8) is 0 Å². The van der Waals surface area contributed by atoms with Crippen molar-refractivity contribution in [3.8, 4) is 27.7 Å². The van der Waals surface area contributed by atoms with Gasteiger partial charge in [-0.25, -0.2) is 4.39 Å². The molecular formula is C30H30FNO4S. The van der Waals surface area contributed by atoms with Crippen LogP contribution in [0.5, 0.6) is 17.2 Å². The van der Waals surface area contributed by atoms with Gasteiger partial charge in [-0.1, -0.05) is 6.42 Å². The third kappa shape index (κ3) is 5.48. The molecule has 7 heteroatoms. The Morgan fingerprint density at radius 3 is 2.35 bits per heavy atom. The number of hydrogen-bond acceptors (Lipinski definition) is 6. The van der Waals surface area contributed by atoms with Crippen molar-refractivity contribution in [2.75, 3.05) is 40.5 Å². The number of fused-ring (bicyclic) bond motifs is 1. The topological polar surface area (TPSA) is 48.0 Å². The Morgan fingerprint density at radius 2 is 1.65 bits per heavy atom. The van der Waals surface area contributed by atoms with E-state index in [1.54, 1.807) is 26.4 Å². The molecule has 1 aliphatic heterocycles. The molecule has 4 aromatic rings. The van der Waals surface area contributed by atoms with Crippen LogP contribution in [-0.4, -0.2) is 51.1 Å². The third-order valence-corrected chi connectivity index (χ3v) is 7.99. The van der Waals surface area contributed by atoms with Gasteiger partial charge in [0.25, 0.3) is 0 Å². The fourth-order valence-electron chi connectivity index (χ4n) is 4.75. The number of piperidine rings is 1. The average Bonchev–Trinajstić information content (AvgIpc) is 3.32. The van der Waals surface area contributed by atoms with Crippen LogP contribution < -0.4 is 14.2 Å². The summed E-state index contributed by atoms with van der Waals surface area (Å²) >= 11 is 1.51. The van der Waals surface area contributed by atoms with Crippen molar-refractivity contribution in [1.29, 1.82) is 0 Å². The van der Waals surface area contributed by atoms with E-state index in [0.717, 1.165) is 45.9 Å². The number of methoxy groups -OCH3 is 2. The van der Waals surface area contributed by atoms with Crippen LogP contribution in [0.1, 0.15) is 35.2 Å². The molecule has 1 aliphatic rings. The fourth-order valence-corrected chi connectivity index (χ4v) is 5.98. The first-order valence-electron chi connectivity index (χ1n) is 12.5.